The van der Waals surface area contributed by atoms with Gasteiger partial charge in [0, 0.05) is 18.7 Å². The molecule has 0 radical (unpaired) electrons. The molecule has 1 saturated carbocycles. The van der Waals surface area contributed by atoms with Gasteiger partial charge >= 0.3 is 0 Å². The van der Waals surface area contributed by atoms with Crippen molar-refractivity contribution in [1.82, 2.24) is 4.31 Å². The topological polar surface area (TPSA) is 70.8 Å². The Labute approximate surface area is 127 Å². The van der Waals surface area contributed by atoms with Crippen LogP contribution in [0.15, 0.2) is 9.31 Å². The van der Waals surface area contributed by atoms with Gasteiger partial charge in [-0.1, -0.05) is 19.8 Å². The number of aryl methyl sites for hydroxylation is 2. The van der Waals surface area contributed by atoms with Crippen molar-refractivity contribution in [3.63, 3.8) is 0 Å². The quantitative estimate of drug-likeness (QED) is 0.927. The van der Waals surface area contributed by atoms with Gasteiger partial charge < -0.3 is 9.52 Å². The predicted octanol–water partition coefficient (Wildman–Crippen LogP) is 2.59. The summed E-state index contributed by atoms with van der Waals surface area (Å²) < 4.78 is 32.7. The molecule has 5 nitrogen and oxygen atoms in total. The first kappa shape index (κ1) is 16.5. The van der Waals surface area contributed by atoms with Gasteiger partial charge in [-0.15, -0.1) is 0 Å². The molecule has 120 valence electrons. The van der Waals surface area contributed by atoms with Crippen molar-refractivity contribution in [1.29, 1.82) is 0 Å². The van der Waals surface area contributed by atoms with Crippen LogP contribution in [-0.2, 0) is 16.6 Å². The number of nitrogens with zero attached hydrogens (tertiary/aromatic N) is 1. The second-order valence-corrected chi connectivity index (χ2v) is 8.06. The molecule has 0 spiro atoms. The highest BCUT2D eigenvalue weighted by Gasteiger charge is 2.35. The third-order valence-electron chi connectivity index (χ3n) is 4.54. The van der Waals surface area contributed by atoms with E-state index in [9.17, 15) is 13.5 Å². The van der Waals surface area contributed by atoms with Crippen molar-refractivity contribution in [3.05, 3.63) is 17.1 Å². The molecule has 1 aliphatic rings. The summed E-state index contributed by atoms with van der Waals surface area (Å²) in [5.41, 5.74) is 0.378. The molecule has 1 aromatic heterocycles. The van der Waals surface area contributed by atoms with E-state index in [1.807, 2.05) is 0 Å². The maximum Gasteiger partial charge on any atom is 0.246 e. The number of hydrogen-bond acceptors (Lipinski definition) is 4. The summed E-state index contributed by atoms with van der Waals surface area (Å²) in [6, 6.07) is 0.0277. The molecule has 2 rings (SSSR count). The fraction of sp³-hybridized carbons (Fsp3) is 0.733. The van der Waals surface area contributed by atoms with E-state index in [0.717, 1.165) is 25.7 Å². The van der Waals surface area contributed by atoms with Gasteiger partial charge in [0.1, 0.15) is 16.4 Å². The van der Waals surface area contributed by atoms with Crippen LogP contribution in [0.25, 0.3) is 0 Å². The molecular formula is C15H25NO4S. The Morgan fingerprint density at radius 1 is 1.29 bits per heavy atom. The van der Waals surface area contributed by atoms with Crippen LogP contribution in [0.4, 0.5) is 0 Å². The first-order valence-corrected chi connectivity index (χ1v) is 8.90. The maximum atomic E-state index is 12.9. The normalized spacial score (nSPS) is 23.7. The molecule has 0 amide bonds. The highest BCUT2D eigenvalue weighted by atomic mass is 32.2. The molecular weight excluding hydrogens is 290 g/mol. The Kier molecular flexibility index (Phi) is 4.80. The zero-order valence-electron chi connectivity index (χ0n) is 13.2. The van der Waals surface area contributed by atoms with E-state index in [4.69, 9.17) is 4.42 Å². The summed E-state index contributed by atoms with van der Waals surface area (Å²) in [6.45, 7) is 5.16. The van der Waals surface area contributed by atoms with Gasteiger partial charge in [-0.05, 0) is 32.6 Å². The third-order valence-corrected chi connectivity index (χ3v) is 6.65. The lowest BCUT2D eigenvalue weighted by molar-refractivity contribution is 0.238. The van der Waals surface area contributed by atoms with Gasteiger partial charge in [-0.2, -0.15) is 4.31 Å². The van der Waals surface area contributed by atoms with Gasteiger partial charge in [0.2, 0.25) is 10.0 Å². The molecule has 2 atom stereocenters. The van der Waals surface area contributed by atoms with Crippen LogP contribution in [0, 0.1) is 19.8 Å². The number of sulfonamides is 1. The van der Waals surface area contributed by atoms with Gasteiger partial charge in [0.25, 0.3) is 0 Å². The van der Waals surface area contributed by atoms with E-state index in [2.05, 4.69) is 6.92 Å². The van der Waals surface area contributed by atoms with Crippen LogP contribution in [0.5, 0.6) is 0 Å². The smallest absolute Gasteiger partial charge is 0.246 e. The third kappa shape index (κ3) is 3.03. The standard InChI is InChI=1S/C15H25NO4S/c1-10-6-5-7-13(8-10)16(4)21(18,19)15-12(3)20-11(2)14(15)9-17/h10,13,17H,5-9H2,1-4H3. The molecule has 1 aliphatic carbocycles. The van der Waals surface area contributed by atoms with Crippen LogP contribution in [0.2, 0.25) is 0 Å². The highest BCUT2D eigenvalue weighted by molar-refractivity contribution is 7.89. The Hall–Kier alpha value is -0.850. The Bertz CT molecular complexity index is 605. The Morgan fingerprint density at radius 3 is 2.52 bits per heavy atom. The van der Waals surface area contributed by atoms with E-state index in [1.54, 1.807) is 20.9 Å². The molecule has 0 aliphatic heterocycles. The molecule has 1 N–H and O–H groups in total. The van der Waals surface area contributed by atoms with Gasteiger partial charge in [-0.3, -0.25) is 0 Å². The highest BCUT2D eigenvalue weighted by Crippen LogP contribution is 2.33. The summed E-state index contributed by atoms with van der Waals surface area (Å²) in [5.74, 6) is 1.37. The van der Waals surface area contributed by atoms with Crippen molar-refractivity contribution < 1.29 is 17.9 Å². The zero-order chi connectivity index (χ0) is 15.8. The second-order valence-electron chi connectivity index (χ2n) is 6.13. The fourth-order valence-electron chi connectivity index (χ4n) is 3.30. The Balaban J connectivity index is 2.37. The summed E-state index contributed by atoms with van der Waals surface area (Å²) in [7, 11) is -2.00. The lowest BCUT2D eigenvalue weighted by atomic mass is 9.87. The lowest BCUT2D eigenvalue weighted by Crippen LogP contribution is -2.40. The summed E-state index contributed by atoms with van der Waals surface area (Å²) in [4.78, 5) is 0.142. The molecule has 6 heteroatoms. The first-order chi connectivity index (χ1) is 9.78. The van der Waals surface area contributed by atoms with Crippen LogP contribution in [-0.4, -0.2) is 30.9 Å². The summed E-state index contributed by atoms with van der Waals surface area (Å²) >= 11 is 0. The van der Waals surface area contributed by atoms with Crippen molar-refractivity contribution in [3.8, 4) is 0 Å². The minimum atomic E-state index is -3.64. The number of rotatable bonds is 4. The molecule has 1 aromatic rings. The number of aliphatic hydroxyl groups is 1. The molecule has 1 fully saturated rings. The average molecular weight is 315 g/mol. The van der Waals surface area contributed by atoms with E-state index < -0.39 is 10.0 Å². The maximum absolute atomic E-state index is 12.9. The largest absolute Gasteiger partial charge is 0.465 e. The number of furan rings is 1. The predicted molar refractivity (Wildman–Crippen MR) is 80.5 cm³/mol. The lowest BCUT2D eigenvalue weighted by Gasteiger charge is -2.33. The van der Waals surface area contributed by atoms with Crippen LogP contribution < -0.4 is 0 Å². The van der Waals surface area contributed by atoms with Crippen LogP contribution in [0.3, 0.4) is 0 Å². The Morgan fingerprint density at radius 2 is 1.95 bits per heavy atom. The van der Waals surface area contributed by atoms with Crippen LogP contribution >= 0.6 is 0 Å². The summed E-state index contributed by atoms with van der Waals surface area (Å²) in [5, 5.41) is 9.47. The molecule has 0 aromatic carbocycles. The van der Waals surface area contributed by atoms with Crippen LogP contribution in [0.1, 0.15) is 49.7 Å². The SMILES string of the molecule is Cc1oc(C)c(S(=O)(=O)N(C)C2CCCC(C)C2)c1CO. The first-order valence-electron chi connectivity index (χ1n) is 7.46. The molecule has 2 unspecified atom stereocenters. The zero-order valence-corrected chi connectivity index (χ0v) is 14.0. The fourth-order valence-corrected chi connectivity index (χ4v) is 5.10. The van der Waals surface area contributed by atoms with Gasteiger partial charge in [-0.25, -0.2) is 8.42 Å². The minimum Gasteiger partial charge on any atom is -0.465 e. The van der Waals surface area contributed by atoms with E-state index in [0.29, 0.717) is 23.0 Å². The number of hydrogen-bond donors (Lipinski definition) is 1. The molecule has 0 bridgehead atoms. The molecule has 21 heavy (non-hydrogen) atoms. The van der Waals surface area contributed by atoms with E-state index >= 15 is 0 Å². The van der Waals surface area contributed by atoms with Crippen molar-refractivity contribution in [2.45, 2.75) is 64.0 Å². The molecule has 1 heterocycles. The van der Waals surface area contributed by atoms with Crippen molar-refractivity contribution in [2.75, 3.05) is 7.05 Å². The second kappa shape index (κ2) is 6.10. The number of aliphatic hydroxyl groups excluding tert-OH is 1. The minimum absolute atomic E-state index is 0.0277. The average Bonchev–Trinajstić information content (AvgIpc) is 2.72. The summed E-state index contributed by atoms with van der Waals surface area (Å²) in [6.07, 6.45) is 4.00. The van der Waals surface area contributed by atoms with Gasteiger partial charge in [0.05, 0.1) is 6.61 Å². The van der Waals surface area contributed by atoms with Crippen molar-refractivity contribution in [2.24, 2.45) is 5.92 Å². The van der Waals surface area contributed by atoms with E-state index in [-0.39, 0.29) is 17.5 Å². The molecule has 0 saturated heterocycles. The monoisotopic (exact) mass is 315 g/mol. The van der Waals surface area contributed by atoms with Gasteiger partial charge in [0.15, 0.2) is 0 Å². The van der Waals surface area contributed by atoms with E-state index in [1.165, 1.54) is 4.31 Å². The van der Waals surface area contributed by atoms with Crippen molar-refractivity contribution >= 4 is 10.0 Å².